The fourth-order valence-electron chi connectivity index (χ4n) is 5.09. The third-order valence-electron chi connectivity index (χ3n) is 7.79. The second-order valence-electron chi connectivity index (χ2n) is 11.7. The highest BCUT2D eigenvalue weighted by atomic mass is 19.4. The number of halogens is 4. The minimum atomic E-state index is -4.87. The number of carbonyl (C=O) groups excluding carboxylic acids is 2. The van der Waals surface area contributed by atoms with Crippen LogP contribution in [0.1, 0.15) is 98.8 Å². The number of hydrogen-bond acceptors (Lipinski definition) is 8. The third-order valence-corrected chi connectivity index (χ3v) is 7.79. The Morgan fingerprint density at radius 2 is 1.33 bits per heavy atom. The predicted octanol–water partition coefficient (Wildman–Crippen LogP) is 10.2. The van der Waals surface area contributed by atoms with Crippen molar-refractivity contribution in [3.05, 3.63) is 77.6 Å². The Hall–Kier alpha value is -4.65. The Morgan fingerprint density at radius 3 is 2.00 bits per heavy atom. The van der Waals surface area contributed by atoms with Crippen molar-refractivity contribution >= 4 is 18.1 Å². The Balaban J connectivity index is 1.64. The van der Waals surface area contributed by atoms with Crippen LogP contribution in [0.5, 0.6) is 17.2 Å². The monoisotopic (exact) mass is 720 g/mol. The molecule has 0 amide bonds. The van der Waals surface area contributed by atoms with Gasteiger partial charge in [-0.2, -0.15) is 13.2 Å². The van der Waals surface area contributed by atoms with E-state index in [1.54, 1.807) is 19.1 Å². The number of esters is 1. The standard InChI is InChI=1S/C38H44F4O9/c1-3-5-6-7-8-12-23-48-27-15-17-28(18-16-27)49-37(46)50-29-19-21-30(35(43)44)32(25-29)26-14-20-31(33(39)24-26)36(45)51-34(38(40,41)42)13-10-9-11-22-47-4-2/h14-21,24-25,34H,3-13,22-23H2,1-2H3,(H,43,44)/t34-/m1/s1. The summed E-state index contributed by atoms with van der Waals surface area (Å²) in [6.07, 6.45) is -1.08. The number of carboxylic acids is 1. The fraction of sp³-hybridized carbons (Fsp3) is 0.447. The molecule has 0 aromatic heterocycles. The molecule has 0 unspecified atom stereocenters. The van der Waals surface area contributed by atoms with E-state index in [2.05, 4.69) is 11.7 Å². The van der Waals surface area contributed by atoms with Gasteiger partial charge in [-0.3, -0.25) is 0 Å². The molecule has 0 heterocycles. The summed E-state index contributed by atoms with van der Waals surface area (Å²) < 4.78 is 81.9. The van der Waals surface area contributed by atoms with Gasteiger partial charge in [-0.15, -0.1) is 0 Å². The number of hydrogen-bond donors (Lipinski definition) is 1. The van der Waals surface area contributed by atoms with Crippen LogP contribution in [0.25, 0.3) is 11.1 Å². The van der Waals surface area contributed by atoms with Gasteiger partial charge in [0.1, 0.15) is 23.1 Å². The summed E-state index contributed by atoms with van der Waals surface area (Å²) in [4.78, 5) is 37.1. The summed E-state index contributed by atoms with van der Waals surface area (Å²) in [6, 6.07) is 12.6. The zero-order valence-electron chi connectivity index (χ0n) is 28.8. The normalized spacial score (nSPS) is 11.9. The Morgan fingerprint density at radius 1 is 0.725 bits per heavy atom. The minimum Gasteiger partial charge on any atom is -0.494 e. The van der Waals surface area contributed by atoms with E-state index in [-0.39, 0.29) is 34.6 Å². The number of ether oxygens (including phenoxy) is 5. The molecule has 1 N–H and O–H groups in total. The van der Waals surface area contributed by atoms with Crippen LogP contribution < -0.4 is 14.2 Å². The maximum atomic E-state index is 15.2. The van der Waals surface area contributed by atoms with E-state index < -0.39 is 48.2 Å². The first kappa shape index (κ1) is 40.8. The molecule has 0 radical (unpaired) electrons. The van der Waals surface area contributed by atoms with Crippen LogP contribution in [-0.4, -0.2) is 55.3 Å². The van der Waals surface area contributed by atoms with Crippen molar-refractivity contribution in [2.75, 3.05) is 19.8 Å². The highest BCUT2D eigenvalue weighted by Crippen LogP contribution is 2.32. The molecule has 0 aliphatic carbocycles. The molecular weight excluding hydrogens is 676 g/mol. The zero-order valence-corrected chi connectivity index (χ0v) is 28.8. The number of carbonyl (C=O) groups is 3. The van der Waals surface area contributed by atoms with Crippen LogP contribution in [0.4, 0.5) is 22.4 Å². The molecule has 0 saturated carbocycles. The molecule has 0 aliphatic rings. The first-order chi connectivity index (χ1) is 24.4. The van der Waals surface area contributed by atoms with Crippen LogP contribution in [0, 0.1) is 5.82 Å². The average Bonchev–Trinajstić information content (AvgIpc) is 3.08. The van der Waals surface area contributed by atoms with Crippen molar-refractivity contribution in [2.24, 2.45) is 0 Å². The molecule has 0 aliphatic heterocycles. The SMILES string of the molecule is CCCCCCCCOc1ccc(OC(=O)Oc2ccc(C(=O)O)c(-c3ccc(C(=O)O[C@H](CCCCCOCC)C(F)(F)F)c(F)c3)c2)cc1. The fourth-order valence-corrected chi connectivity index (χ4v) is 5.09. The number of rotatable bonds is 21. The molecule has 278 valence electrons. The van der Waals surface area contributed by atoms with Gasteiger partial charge >= 0.3 is 24.3 Å². The largest absolute Gasteiger partial charge is 0.519 e. The summed E-state index contributed by atoms with van der Waals surface area (Å²) in [6.45, 7) is 5.42. The van der Waals surface area contributed by atoms with Gasteiger partial charge in [0.05, 0.1) is 17.7 Å². The summed E-state index contributed by atoms with van der Waals surface area (Å²) >= 11 is 0. The topological polar surface area (TPSA) is 118 Å². The van der Waals surface area contributed by atoms with Crippen LogP contribution in [0.2, 0.25) is 0 Å². The summed E-state index contributed by atoms with van der Waals surface area (Å²) in [5.41, 5.74) is -1.23. The molecule has 51 heavy (non-hydrogen) atoms. The van der Waals surface area contributed by atoms with E-state index in [1.165, 1.54) is 37.5 Å². The second-order valence-corrected chi connectivity index (χ2v) is 11.7. The van der Waals surface area contributed by atoms with Crippen LogP contribution in [0.3, 0.4) is 0 Å². The van der Waals surface area contributed by atoms with E-state index in [0.717, 1.165) is 49.6 Å². The number of carboxylic acid groups (broad SMARTS) is 1. The van der Waals surface area contributed by atoms with E-state index in [4.69, 9.17) is 18.9 Å². The lowest BCUT2D eigenvalue weighted by Gasteiger charge is -2.21. The Labute approximate surface area is 294 Å². The van der Waals surface area contributed by atoms with Gasteiger partial charge < -0.3 is 28.8 Å². The van der Waals surface area contributed by atoms with Gasteiger partial charge in [0, 0.05) is 13.2 Å². The van der Waals surface area contributed by atoms with Crippen molar-refractivity contribution in [3.63, 3.8) is 0 Å². The van der Waals surface area contributed by atoms with Crippen molar-refractivity contribution in [1.82, 2.24) is 0 Å². The quantitative estimate of drug-likeness (QED) is 0.0496. The first-order valence-electron chi connectivity index (χ1n) is 17.1. The minimum absolute atomic E-state index is 0.0570. The van der Waals surface area contributed by atoms with Gasteiger partial charge in [-0.05, 0) is 98.3 Å². The molecule has 0 saturated heterocycles. The van der Waals surface area contributed by atoms with Gasteiger partial charge in [-0.25, -0.2) is 18.8 Å². The predicted molar refractivity (Wildman–Crippen MR) is 181 cm³/mol. The average molecular weight is 721 g/mol. The second kappa shape index (κ2) is 20.9. The number of unbranched alkanes of at least 4 members (excludes halogenated alkanes) is 7. The van der Waals surface area contributed by atoms with E-state index in [9.17, 15) is 32.7 Å². The zero-order chi connectivity index (χ0) is 37.2. The Kier molecular flexibility index (Phi) is 16.7. The highest BCUT2D eigenvalue weighted by Gasteiger charge is 2.42. The third kappa shape index (κ3) is 13.9. The number of aromatic carboxylic acids is 1. The van der Waals surface area contributed by atoms with E-state index in [0.29, 0.717) is 38.4 Å². The lowest BCUT2D eigenvalue weighted by atomic mass is 9.98. The van der Waals surface area contributed by atoms with Crippen LogP contribution in [0.15, 0.2) is 60.7 Å². The highest BCUT2D eigenvalue weighted by molar-refractivity contribution is 5.97. The number of alkyl halides is 3. The summed E-state index contributed by atoms with van der Waals surface area (Å²) in [7, 11) is 0. The maximum Gasteiger partial charge on any atom is 0.519 e. The van der Waals surface area contributed by atoms with Gasteiger partial charge in [0.25, 0.3) is 0 Å². The van der Waals surface area contributed by atoms with Gasteiger partial charge in [-0.1, -0.05) is 51.5 Å². The van der Waals surface area contributed by atoms with Gasteiger partial charge in [0.2, 0.25) is 0 Å². The Bertz CT molecular complexity index is 1560. The van der Waals surface area contributed by atoms with Crippen molar-refractivity contribution in [2.45, 2.75) is 90.3 Å². The van der Waals surface area contributed by atoms with Crippen molar-refractivity contribution in [1.29, 1.82) is 0 Å². The van der Waals surface area contributed by atoms with Crippen molar-refractivity contribution in [3.8, 4) is 28.4 Å². The molecule has 9 nitrogen and oxygen atoms in total. The summed E-state index contributed by atoms with van der Waals surface area (Å²) in [5.74, 6) is -3.53. The smallest absolute Gasteiger partial charge is 0.494 e. The molecule has 0 spiro atoms. The first-order valence-corrected chi connectivity index (χ1v) is 17.1. The number of benzene rings is 3. The summed E-state index contributed by atoms with van der Waals surface area (Å²) in [5, 5.41) is 9.72. The van der Waals surface area contributed by atoms with Gasteiger partial charge in [0.15, 0.2) is 6.10 Å². The molecule has 3 aromatic rings. The van der Waals surface area contributed by atoms with Crippen LogP contribution in [-0.2, 0) is 9.47 Å². The lowest BCUT2D eigenvalue weighted by Crippen LogP contribution is -2.34. The lowest BCUT2D eigenvalue weighted by molar-refractivity contribution is -0.206. The molecule has 0 fully saturated rings. The molecule has 1 atom stereocenters. The molecule has 13 heteroatoms. The van der Waals surface area contributed by atoms with Crippen LogP contribution >= 0.6 is 0 Å². The molecule has 0 bridgehead atoms. The molecular formula is C38H44F4O9. The van der Waals surface area contributed by atoms with E-state index in [1.807, 2.05) is 0 Å². The molecule has 3 rings (SSSR count). The van der Waals surface area contributed by atoms with Crippen molar-refractivity contribution < 1.29 is 60.7 Å². The molecule has 3 aromatic carbocycles. The maximum absolute atomic E-state index is 15.2. The van der Waals surface area contributed by atoms with E-state index >= 15 is 4.39 Å².